The summed E-state index contributed by atoms with van der Waals surface area (Å²) in [6.45, 7) is 7.82. The lowest BCUT2D eigenvalue weighted by atomic mass is 10.3. The molecule has 4 heteroatoms. The third-order valence-electron chi connectivity index (χ3n) is 1.71. The van der Waals surface area contributed by atoms with Gasteiger partial charge in [-0.05, 0) is 20.3 Å². The van der Waals surface area contributed by atoms with Gasteiger partial charge in [0.2, 0.25) is 0 Å². The minimum absolute atomic E-state index is 0.301. The van der Waals surface area contributed by atoms with E-state index in [1.54, 1.807) is 0 Å². The summed E-state index contributed by atoms with van der Waals surface area (Å²) in [4.78, 5) is 0. The van der Waals surface area contributed by atoms with Crippen molar-refractivity contribution in [1.29, 1.82) is 0 Å². The Balaban J connectivity index is 2.98. The summed E-state index contributed by atoms with van der Waals surface area (Å²) in [5.74, 6) is 0. The highest BCUT2D eigenvalue weighted by molar-refractivity contribution is 14.1. The van der Waals surface area contributed by atoms with Crippen molar-refractivity contribution in [3.8, 4) is 0 Å². The molecule has 0 fully saturated rings. The molecule has 0 aromatic rings. The van der Waals surface area contributed by atoms with E-state index in [2.05, 4.69) is 29.5 Å². The van der Waals surface area contributed by atoms with Crippen molar-refractivity contribution < 1.29 is 14.2 Å². The van der Waals surface area contributed by atoms with E-state index in [4.69, 9.17) is 14.2 Å². The first-order valence-electron chi connectivity index (χ1n) is 5.14. The van der Waals surface area contributed by atoms with Gasteiger partial charge in [-0.1, -0.05) is 22.6 Å². The molecular formula is C10H21IO3. The van der Waals surface area contributed by atoms with Gasteiger partial charge in [-0.2, -0.15) is 0 Å². The maximum Gasteiger partial charge on any atom is 0.0700 e. The third-order valence-corrected chi connectivity index (χ3v) is 2.15. The molecule has 0 aromatic heterocycles. The van der Waals surface area contributed by atoms with E-state index in [0.29, 0.717) is 19.3 Å². The van der Waals surface area contributed by atoms with E-state index < -0.39 is 0 Å². The molecule has 0 saturated carbocycles. The predicted octanol–water partition coefficient (Wildman–Crippen LogP) is 2.27. The fourth-order valence-electron chi connectivity index (χ4n) is 0.994. The molecule has 0 aliphatic rings. The van der Waals surface area contributed by atoms with Crippen molar-refractivity contribution in [1.82, 2.24) is 0 Å². The summed E-state index contributed by atoms with van der Waals surface area (Å²) in [5, 5.41) is 0. The van der Waals surface area contributed by atoms with Gasteiger partial charge in [-0.15, -0.1) is 0 Å². The van der Waals surface area contributed by atoms with Crippen molar-refractivity contribution in [3.63, 3.8) is 0 Å². The van der Waals surface area contributed by atoms with Crippen molar-refractivity contribution in [2.24, 2.45) is 0 Å². The van der Waals surface area contributed by atoms with Gasteiger partial charge < -0.3 is 14.2 Å². The largest absolute Gasteiger partial charge is 0.379 e. The smallest absolute Gasteiger partial charge is 0.0700 e. The van der Waals surface area contributed by atoms with Gasteiger partial charge >= 0.3 is 0 Å². The van der Waals surface area contributed by atoms with E-state index in [0.717, 1.165) is 30.7 Å². The van der Waals surface area contributed by atoms with Crippen LogP contribution in [-0.2, 0) is 14.2 Å². The molecule has 0 N–H and O–H groups in total. The normalized spacial score (nSPS) is 13.1. The van der Waals surface area contributed by atoms with Crippen LogP contribution in [0.5, 0.6) is 0 Å². The minimum Gasteiger partial charge on any atom is -0.379 e. The zero-order valence-corrected chi connectivity index (χ0v) is 11.3. The SMILES string of the molecule is CCOC(C)CCOCCOCCI. The highest BCUT2D eigenvalue weighted by Gasteiger charge is 1.99. The van der Waals surface area contributed by atoms with Crippen LogP contribution >= 0.6 is 22.6 Å². The second-order valence-electron chi connectivity index (χ2n) is 2.97. The third kappa shape index (κ3) is 10.7. The molecule has 0 spiro atoms. The van der Waals surface area contributed by atoms with E-state index in [9.17, 15) is 0 Å². The van der Waals surface area contributed by atoms with Crippen LogP contribution in [-0.4, -0.2) is 43.6 Å². The Labute approximate surface area is 101 Å². The van der Waals surface area contributed by atoms with Crippen LogP contribution in [0.1, 0.15) is 20.3 Å². The average molecular weight is 316 g/mol. The Kier molecular flexibility index (Phi) is 12.2. The molecule has 0 aromatic carbocycles. The zero-order valence-electron chi connectivity index (χ0n) is 9.13. The van der Waals surface area contributed by atoms with E-state index in [1.165, 1.54) is 0 Å². The summed E-state index contributed by atoms with van der Waals surface area (Å²) in [5.41, 5.74) is 0. The van der Waals surface area contributed by atoms with Crippen molar-refractivity contribution in [3.05, 3.63) is 0 Å². The van der Waals surface area contributed by atoms with Crippen LogP contribution < -0.4 is 0 Å². The average Bonchev–Trinajstić information content (AvgIpc) is 2.17. The first-order valence-corrected chi connectivity index (χ1v) is 6.66. The van der Waals surface area contributed by atoms with Crippen LogP contribution in [0.2, 0.25) is 0 Å². The van der Waals surface area contributed by atoms with Crippen molar-refractivity contribution in [2.45, 2.75) is 26.4 Å². The van der Waals surface area contributed by atoms with Crippen LogP contribution in [0.3, 0.4) is 0 Å². The van der Waals surface area contributed by atoms with Gasteiger partial charge in [0.05, 0.1) is 25.9 Å². The fourth-order valence-corrected chi connectivity index (χ4v) is 1.31. The van der Waals surface area contributed by atoms with Crippen molar-refractivity contribution in [2.75, 3.05) is 37.5 Å². The molecule has 14 heavy (non-hydrogen) atoms. The van der Waals surface area contributed by atoms with Gasteiger partial charge in [-0.25, -0.2) is 0 Å². The molecule has 3 nitrogen and oxygen atoms in total. The second-order valence-corrected chi connectivity index (χ2v) is 4.05. The number of rotatable bonds is 10. The maximum absolute atomic E-state index is 5.39. The Morgan fingerprint density at radius 1 is 1.07 bits per heavy atom. The quantitative estimate of drug-likeness (QED) is 0.352. The summed E-state index contributed by atoms with van der Waals surface area (Å²) < 4.78 is 17.1. The Morgan fingerprint density at radius 2 is 1.71 bits per heavy atom. The van der Waals surface area contributed by atoms with E-state index in [1.807, 2.05) is 6.92 Å². The number of halogens is 1. The van der Waals surface area contributed by atoms with Gasteiger partial charge in [0, 0.05) is 17.6 Å². The highest BCUT2D eigenvalue weighted by Crippen LogP contribution is 1.97. The number of hydrogen-bond donors (Lipinski definition) is 0. The zero-order chi connectivity index (χ0) is 10.6. The lowest BCUT2D eigenvalue weighted by Gasteiger charge is -2.11. The Hall–Kier alpha value is 0.610. The standard InChI is InChI=1S/C10H21IO3/c1-3-14-10(2)4-6-12-8-9-13-7-5-11/h10H,3-9H2,1-2H3. The van der Waals surface area contributed by atoms with Crippen molar-refractivity contribution >= 4 is 22.6 Å². The van der Waals surface area contributed by atoms with Gasteiger partial charge in [0.25, 0.3) is 0 Å². The maximum atomic E-state index is 5.39. The lowest BCUT2D eigenvalue weighted by molar-refractivity contribution is 0.0187. The summed E-state index contributed by atoms with van der Waals surface area (Å²) in [6.07, 6.45) is 1.26. The topological polar surface area (TPSA) is 27.7 Å². The monoisotopic (exact) mass is 316 g/mol. The highest BCUT2D eigenvalue weighted by atomic mass is 127. The van der Waals surface area contributed by atoms with E-state index >= 15 is 0 Å². The molecule has 0 saturated heterocycles. The second kappa shape index (κ2) is 11.7. The van der Waals surface area contributed by atoms with Crippen LogP contribution in [0.4, 0.5) is 0 Å². The number of hydrogen-bond acceptors (Lipinski definition) is 3. The van der Waals surface area contributed by atoms with Gasteiger partial charge in [0.1, 0.15) is 0 Å². The fraction of sp³-hybridized carbons (Fsp3) is 1.00. The summed E-state index contributed by atoms with van der Waals surface area (Å²) in [7, 11) is 0. The molecule has 1 atom stereocenters. The molecule has 0 rings (SSSR count). The first kappa shape index (κ1) is 14.6. The van der Waals surface area contributed by atoms with E-state index in [-0.39, 0.29) is 0 Å². The molecule has 0 bridgehead atoms. The molecular weight excluding hydrogens is 295 g/mol. The van der Waals surface area contributed by atoms with Crippen LogP contribution in [0, 0.1) is 0 Å². The van der Waals surface area contributed by atoms with Crippen LogP contribution in [0.25, 0.3) is 0 Å². The van der Waals surface area contributed by atoms with Crippen LogP contribution in [0.15, 0.2) is 0 Å². The lowest BCUT2D eigenvalue weighted by Crippen LogP contribution is -2.13. The minimum atomic E-state index is 0.301. The number of alkyl halides is 1. The molecule has 0 heterocycles. The predicted molar refractivity (Wildman–Crippen MR) is 66.2 cm³/mol. The molecule has 1 unspecified atom stereocenters. The molecule has 0 aliphatic heterocycles. The van der Waals surface area contributed by atoms with Gasteiger partial charge in [-0.3, -0.25) is 0 Å². The number of ether oxygens (including phenoxy) is 3. The first-order chi connectivity index (χ1) is 6.81. The molecule has 86 valence electrons. The Morgan fingerprint density at radius 3 is 2.29 bits per heavy atom. The van der Waals surface area contributed by atoms with Gasteiger partial charge in [0.15, 0.2) is 0 Å². The molecule has 0 radical (unpaired) electrons. The molecule has 0 aliphatic carbocycles. The Bertz CT molecular complexity index is 112. The summed E-state index contributed by atoms with van der Waals surface area (Å²) >= 11 is 2.29. The molecule has 0 amide bonds. The summed E-state index contributed by atoms with van der Waals surface area (Å²) in [6, 6.07) is 0.